The predicted molar refractivity (Wildman–Crippen MR) is 67.9 cm³/mol. The second-order valence-electron chi connectivity index (χ2n) is 5.28. The maximum Gasteiger partial charge on any atom is 0.326 e. The second-order valence-corrected chi connectivity index (χ2v) is 7.84. The molecule has 1 atom stereocenters. The highest BCUT2D eigenvalue weighted by molar-refractivity contribution is 7.92. The Morgan fingerprint density at radius 3 is 2.00 bits per heavy atom. The van der Waals surface area contributed by atoms with Crippen molar-refractivity contribution in [2.45, 2.75) is 44.9 Å². The Bertz CT molecular complexity index is 425. The lowest BCUT2D eigenvalue weighted by Crippen LogP contribution is -2.53. The van der Waals surface area contributed by atoms with Crippen LogP contribution in [0.1, 0.15) is 34.1 Å². The molecule has 0 aromatic heterocycles. The van der Waals surface area contributed by atoms with Gasteiger partial charge in [-0.2, -0.15) is 0 Å². The summed E-state index contributed by atoms with van der Waals surface area (Å²) in [6, 6.07) is -1.07. The number of nitrogens with one attached hydrogen (secondary N) is 1. The zero-order valence-corrected chi connectivity index (χ0v) is 12.2. The highest BCUT2D eigenvalue weighted by atomic mass is 32.2. The van der Waals surface area contributed by atoms with Gasteiger partial charge < -0.3 is 10.4 Å². The number of sulfone groups is 1. The van der Waals surface area contributed by atoms with Gasteiger partial charge in [0.2, 0.25) is 5.91 Å². The van der Waals surface area contributed by atoms with Crippen LogP contribution in [0.25, 0.3) is 0 Å². The van der Waals surface area contributed by atoms with Crippen molar-refractivity contribution in [3.63, 3.8) is 0 Å². The van der Waals surface area contributed by atoms with Gasteiger partial charge in [-0.1, -0.05) is 13.8 Å². The number of carboxylic acid groups (broad SMARTS) is 1. The smallest absolute Gasteiger partial charge is 0.326 e. The van der Waals surface area contributed by atoms with Crippen molar-refractivity contribution in [2.24, 2.45) is 5.92 Å². The normalized spacial score (nSPS) is 14.3. The first-order chi connectivity index (χ1) is 7.89. The third kappa shape index (κ3) is 4.29. The van der Waals surface area contributed by atoms with Crippen LogP contribution in [0.5, 0.6) is 0 Å². The molecule has 1 amide bonds. The van der Waals surface area contributed by atoms with E-state index in [9.17, 15) is 18.0 Å². The summed E-state index contributed by atoms with van der Waals surface area (Å²) in [7, 11) is -3.61. The van der Waals surface area contributed by atoms with E-state index in [0.717, 1.165) is 6.26 Å². The van der Waals surface area contributed by atoms with Gasteiger partial charge in [0.25, 0.3) is 0 Å². The van der Waals surface area contributed by atoms with Crippen LogP contribution in [0.4, 0.5) is 0 Å². The fourth-order valence-corrected chi connectivity index (χ4v) is 1.59. The largest absolute Gasteiger partial charge is 0.480 e. The van der Waals surface area contributed by atoms with Crippen molar-refractivity contribution < 1.29 is 23.1 Å². The molecular weight excluding hydrogens is 258 g/mol. The summed E-state index contributed by atoms with van der Waals surface area (Å²) >= 11 is 0. The molecule has 0 heterocycles. The quantitative estimate of drug-likeness (QED) is 0.734. The van der Waals surface area contributed by atoms with Crippen molar-refractivity contribution in [3.05, 3.63) is 0 Å². The fourth-order valence-electron chi connectivity index (χ4n) is 1.19. The number of hydrogen-bond donors (Lipinski definition) is 2. The first kappa shape index (κ1) is 16.9. The monoisotopic (exact) mass is 279 g/mol. The van der Waals surface area contributed by atoms with Gasteiger partial charge in [-0.3, -0.25) is 4.79 Å². The Hall–Kier alpha value is -1.11. The van der Waals surface area contributed by atoms with Crippen LogP contribution in [0.3, 0.4) is 0 Å². The number of carbonyl (C=O) groups is 2. The van der Waals surface area contributed by atoms with Gasteiger partial charge in [0.15, 0.2) is 9.84 Å². The number of amides is 1. The zero-order valence-electron chi connectivity index (χ0n) is 11.4. The number of carbonyl (C=O) groups excluding carboxylic acids is 1. The van der Waals surface area contributed by atoms with Crippen LogP contribution in [0, 0.1) is 5.92 Å². The van der Waals surface area contributed by atoms with Gasteiger partial charge in [-0.15, -0.1) is 0 Å². The van der Waals surface area contributed by atoms with E-state index in [4.69, 9.17) is 5.11 Å². The van der Waals surface area contributed by atoms with Crippen LogP contribution in [-0.2, 0) is 19.4 Å². The maximum atomic E-state index is 11.9. The van der Waals surface area contributed by atoms with E-state index in [0.29, 0.717) is 0 Å². The van der Waals surface area contributed by atoms with E-state index < -0.39 is 32.5 Å². The summed E-state index contributed by atoms with van der Waals surface area (Å²) in [5, 5.41) is 11.3. The van der Waals surface area contributed by atoms with E-state index >= 15 is 0 Å². The van der Waals surface area contributed by atoms with Crippen molar-refractivity contribution >= 4 is 21.7 Å². The van der Waals surface area contributed by atoms with Crippen LogP contribution >= 0.6 is 0 Å². The molecule has 0 aliphatic carbocycles. The molecule has 0 bridgehead atoms. The first-order valence-corrected chi connectivity index (χ1v) is 7.52. The van der Waals surface area contributed by atoms with Gasteiger partial charge in [-0.25, -0.2) is 13.2 Å². The lowest BCUT2D eigenvalue weighted by molar-refractivity contribution is -0.142. The maximum absolute atomic E-state index is 11.9. The van der Waals surface area contributed by atoms with E-state index in [2.05, 4.69) is 5.32 Å². The van der Waals surface area contributed by atoms with Gasteiger partial charge in [-0.05, 0) is 26.2 Å². The van der Waals surface area contributed by atoms with Crippen molar-refractivity contribution in [3.8, 4) is 0 Å². The van der Waals surface area contributed by atoms with Crippen LogP contribution in [-0.4, -0.2) is 42.4 Å². The molecule has 0 fully saturated rings. The molecule has 106 valence electrons. The molecule has 0 aliphatic heterocycles. The predicted octanol–water partition coefficient (Wildman–Crippen LogP) is 0.425. The Morgan fingerprint density at radius 1 is 1.28 bits per heavy atom. The molecule has 0 saturated carbocycles. The molecule has 0 radical (unpaired) electrons. The molecule has 0 aliphatic rings. The molecule has 0 unspecified atom stereocenters. The standard InChI is InChI=1S/C11H21NO5S/c1-7(2)6-8(9(13)14)12-10(15)11(3,4)18(5,16)17/h7-8H,6H2,1-5H3,(H,12,15)(H,13,14)/t8-/m0/s1. The Labute approximate surface area is 108 Å². The molecule has 7 heteroatoms. The van der Waals surface area contributed by atoms with E-state index in [1.54, 1.807) is 0 Å². The molecule has 0 aromatic carbocycles. The number of aliphatic carboxylic acids is 1. The lowest BCUT2D eigenvalue weighted by Gasteiger charge is -2.24. The summed E-state index contributed by atoms with van der Waals surface area (Å²) in [5.41, 5.74) is 0. The molecule has 6 nitrogen and oxygen atoms in total. The Kier molecular flexibility index (Phi) is 5.34. The number of rotatable bonds is 6. The minimum absolute atomic E-state index is 0.0766. The van der Waals surface area contributed by atoms with Crippen LogP contribution < -0.4 is 5.32 Å². The van der Waals surface area contributed by atoms with Crippen molar-refractivity contribution in [1.82, 2.24) is 5.32 Å². The SMILES string of the molecule is CC(C)C[C@H](NC(=O)C(C)(C)S(C)(=O)=O)C(=O)O. The number of hydrogen-bond acceptors (Lipinski definition) is 4. The zero-order chi connectivity index (χ0) is 14.7. The molecule has 0 rings (SSSR count). The van der Waals surface area contributed by atoms with Gasteiger partial charge in [0.05, 0.1) is 0 Å². The molecule has 0 spiro atoms. The highest BCUT2D eigenvalue weighted by Crippen LogP contribution is 2.16. The summed E-state index contributed by atoms with van der Waals surface area (Å²) in [5.74, 6) is -1.88. The summed E-state index contributed by atoms with van der Waals surface area (Å²) in [4.78, 5) is 22.8. The van der Waals surface area contributed by atoms with E-state index in [1.807, 2.05) is 13.8 Å². The molecule has 18 heavy (non-hydrogen) atoms. The lowest BCUT2D eigenvalue weighted by atomic mass is 10.0. The Morgan fingerprint density at radius 2 is 1.72 bits per heavy atom. The third-order valence-corrected chi connectivity index (χ3v) is 4.82. The van der Waals surface area contributed by atoms with E-state index in [-0.39, 0.29) is 12.3 Å². The minimum Gasteiger partial charge on any atom is -0.480 e. The average Bonchev–Trinajstić information content (AvgIpc) is 2.13. The fraction of sp³-hybridized carbons (Fsp3) is 0.818. The third-order valence-electron chi connectivity index (χ3n) is 2.78. The number of carboxylic acids is 1. The van der Waals surface area contributed by atoms with Crippen molar-refractivity contribution in [2.75, 3.05) is 6.26 Å². The van der Waals surface area contributed by atoms with E-state index in [1.165, 1.54) is 13.8 Å². The highest BCUT2D eigenvalue weighted by Gasteiger charge is 2.40. The minimum atomic E-state index is -3.61. The van der Waals surface area contributed by atoms with Crippen LogP contribution in [0.2, 0.25) is 0 Å². The topological polar surface area (TPSA) is 101 Å². The van der Waals surface area contributed by atoms with Gasteiger partial charge >= 0.3 is 5.97 Å². The average molecular weight is 279 g/mol. The Balaban J connectivity index is 4.98. The second kappa shape index (κ2) is 5.69. The summed E-state index contributed by atoms with van der Waals surface area (Å²) < 4.78 is 21.3. The first-order valence-electron chi connectivity index (χ1n) is 5.63. The molecule has 0 saturated heterocycles. The van der Waals surface area contributed by atoms with Crippen molar-refractivity contribution in [1.29, 1.82) is 0 Å². The summed E-state index contributed by atoms with van der Waals surface area (Å²) in [6.45, 7) is 6.16. The molecule has 2 N–H and O–H groups in total. The van der Waals surface area contributed by atoms with Crippen LogP contribution in [0.15, 0.2) is 0 Å². The molecule has 0 aromatic rings. The molecular formula is C11H21NO5S. The summed E-state index contributed by atoms with van der Waals surface area (Å²) in [6.07, 6.45) is 1.20. The van der Waals surface area contributed by atoms with Gasteiger partial charge in [0, 0.05) is 6.26 Å². The van der Waals surface area contributed by atoms with Gasteiger partial charge in [0.1, 0.15) is 10.8 Å².